The molecule has 2 heterocycles. The Hall–Kier alpha value is -2.52. The highest BCUT2D eigenvalue weighted by atomic mass is 79.9. The van der Waals surface area contributed by atoms with E-state index < -0.39 is 0 Å². The molecule has 2 nitrogen and oxygen atoms in total. The third kappa shape index (κ3) is 2.10. The van der Waals surface area contributed by atoms with Gasteiger partial charge in [-0.3, -0.25) is 0 Å². The minimum atomic E-state index is -0.175. The van der Waals surface area contributed by atoms with Crippen LogP contribution in [0.25, 0.3) is 16.6 Å². The van der Waals surface area contributed by atoms with E-state index in [2.05, 4.69) is 101 Å². The van der Waals surface area contributed by atoms with Crippen molar-refractivity contribution in [3.8, 4) is 17.2 Å². The fourth-order valence-electron chi connectivity index (χ4n) is 4.06. The highest BCUT2D eigenvalue weighted by Crippen LogP contribution is 2.52. The van der Waals surface area contributed by atoms with E-state index in [1.807, 2.05) is 6.07 Å². The van der Waals surface area contributed by atoms with Gasteiger partial charge in [0.05, 0.1) is 11.2 Å². The Labute approximate surface area is 161 Å². The molecule has 0 amide bonds. The van der Waals surface area contributed by atoms with Crippen LogP contribution in [0.1, 0.15) is 25.1 Å². The van der Waals surface area contributed by atoms with Crippen LogP contribution < -0.4 is 4.74 Å². The van der Waals surface area contributed by atoms with Gasteiger partial charge in [-0.05, 0) is 50.2 Å². The first kappa shape index (κ1) is 15.7. The van der Waals surface area contributed by atoms with Crippen molar-refractivity contribution in [1.29, 1.82) is 0 Å². The second-order valence-electron chi connectivity index (χ2n) is 7.23. The van der Waals surface area contributed by atoms with Crippen molar-refractivity contribution in [3.63, 3.8) is 0 Å². The highest BCUT2D eigenvalue weighted by Gasteiger charge is 2.39. The quantitative estimate of drug-likeness (QED) is 0.339. The lowest BCUT2D eigenvalue weighted by molar-refractivity contribution is 0.414. The number of hydrogen-bond donors (Lipinski definition) is 0. The summed E-state index contributed by atoms with van der Waals surface area (Å²) in [5.41, 5.74) is 4.54. The van der Waals surface area contributed by atoms with E-state index in [1.165, 1.54) is 11.3 Å². The van der Waals surface area contributed by atoms with Gasteiger partial charge in [-0.15, -0.1) is 0 Å². The molecule has 1 aliphatic rings. The standard InChI is InChI=1S/C23H18BrNO/c1-23(2)18-10-6-7-11-20(18)26-21-17-14-15(24)12-13-19(17)25(22(21)23)16-8-4-3-5-9-16/h3-14H,1-2H3. The summed E-state index contributed by atoms with van der Waals surface area (Å²) < 4.78 is 9.84. The number of benzene rings is 3. The zero-order chi connectivity index (χ0) is 17.9. The van der Waals surface area contributed by atoms with Crippen molar-refractivity contribution < 1.29 is 4.74 Å². The molecule has 0 N–H and O–H groups in total. The normalized spacial score (nSPS) is 14.6. The molecule has 4 aromatic rings. The molecule has 128 valence electrons. The summed E-state index contributed by atoms with van der Waals surface area (Å²) in [6, 6.07) is 25.3. The number of hydrogen-bond acceptors (Lipinski definition) is 1. The predicted octanol–water partition coefficient (Wildman–Crippen LogP) is 6.82. The fourth-order valence-corrected chi connectivity index (χ4v) is 4.42. The maximum absolute atomic E-state index is 6.44. The highest BCUT2D eigenvalue weighted by molar-refractivity contribution is 9.10. The van der Waals surface area contributed by atoms with Crippen LogP contribution in [-0.2, 0) is 5.41 Å². The van der Waals surface area contributed by atoms with E-state index in [1.54, 1.807) is 0 Å². The lowest BCUT2D eigenvalue weighted by Crippen LogP contribution is -2.26. The lowest BCUT2D eigenvalue weighted by atomic mass is 9.79. The topological polar surface area (TPSA) is 14.2 Å². The van der Waals surface area contributed by atoms with E-state index in [0.29, 0.717) is 0 Å². The molecule has 3 aromatic carbocycles. The van der Waals surface area contributed by atoms with Crippen LogP contribution in [0.2, 0.25) is 0 Å². The number of fused-ring (bicyclic) bond motifs is 4. The van der Waals surface area contributed by atoms with E-state index in [0.717, 1.165) is 32.6 Å². The smallest absolute Gasteiger partial charge is 0.157 e. The summed E-state index contributed by atoms with van der Waals surface area (Å²) in [7, 11) is 0. The van der Waals surface area contributed by atoms with Crippen LogP contribution in [0.3, 0.4) is 0 Å². The third-order valence-electron chi connectivity index (χ3n) is 5.26. The average molecular weight is 404 g/mol. The van der Waals surface area contributed by atoms with Crippen molar-refractivity contribution in [3.05, 3.63) is 88.5 Å². The van der Waals surface area contributed by atoms with Gasteiger partial charge in [0.25, 0.3) is 0 Å². The van der Waals surface area contributed by atoms with Gasteiger partial charge in [-0.25, -0.2) is 0 Å². The molecule has 3 heteroatoms. The molecule has 0 radical (unpaired) electrons. The summed E-state index contributed by atoms with van der Waals surface area (Å²) in [6.07, 6.45) is 0. The van der Waals surface area contributed by atoms with Crippen molar-refractivity contribution in [2.24, 2.45) is 0 Å². The average Bonchev–Trinajstić information content (AvgIpc) is 2.97. The van der Waals surface area contributed by atoms with Crippen LogP contribution in [0.5, 0.6) is 11.5 Å². The van der Waals surface area contributed by atoms with Gasteiger partial charge in [0.1, 0.15) is 5.75 Å². The minimum Gasteiger partial charge on any atom is -0.454 e. The molecule has 26 heavy (non-hydrogen) atoms. The zero-order valence-electron chi connectivity index (χ0n) is 14.7. The first-order chi connectivity index (χ1) is 12.6. The number of nitrogens with zero attached hydrogens (tertiary/aromatic N) is 1. The van der Waals surface area contributed by atoms with Gasteiger partial charge in [0, 0.05) is 26.5 Å². The first-order valence-electron chi connectivity index (χ1n) is 8.74. The number of aromatic nitrogens is 1. The monoisotopic (exact) mass is 403 g/mol. The SMILES string of the molecule is CC1(C)c2ccccc2Oc2c1n(-c1ccccc1)c1ccc(Br)cc21. The molecule has 1 aliphatic heterocycles. The van der Waals surface area contributed by atoms with Gasteiger partial charge in [-0.1, -0.05) is 52.3 Å². The molecule has 0 spiro atoms. The maximum Gasteiger partial charge on any atom is 0.157 e. The zero-order valence-corrected chi connectivity index (χ0v) is 16.2. The molecule has 0 aliphatic carbocycles. The molecule has 0 atom stereocenters. The van der Waals surface area contributed by atoms with Crippen molar-refractivity contribution in [1.82, 2.24) is 4.57 Å². The van der Waals surface area contributed by atoms with E-state index in [9.17, 15) is 0 Å². The van der Waals surface area contributed by atoms with E-state index >= 15 is 0 Å². The number of para-hydroxylation sites is 2. The van der Waals surface area contributed by atoms with Crippen molar-refractivity contribution in [2.45, 2.75) is 19.3 Å². The molecule has 0 bridgehead atoms. The Morgan fingerprint density at radius 3 is 2.42 bits per heavy atom. The molecule has 5 rings (SSSR count). The molecular weight excluding hydrogens is 386 g/mol. The van der Waals surface area contributed by atoms with Crippen LogP contribution >= 0.6 is 15.9 Å². The van der Waals surface area contributed by atoms with Crippen molar-refractivity contribution in [2.75, 3.05) is 0 Å². The Morgan fingerprint density at radius 2 is 1.62 bits per heavy atom. The molecular formula is C23H18BrNO. The summed E-state index contributed by atoms with van der Waals surface area (Å²) in [5, 5.41) is 1.13. The van der Waals surface area contributed by atoms with Crippen molar-refractivity contribution >= 4 is 26.8 Å². The largest absolute Gasteiger partial charge is 0.454 e. The first-order valence-corrected chi connectivity index (χ1v) is 9.54. The minimum absolute atomic E-state index is 0.175. The van der Waals surface area contributed by atoms with Crippen LogP contribution in [0.4, 0.5) is 0 Å². The fraction of sp³-hybridized carbons (Fsp3) is 0.130. The molecule has 0 saturated carbocycles. The van der Waals surface area contributed by atoms with Crippen LogP contribution in [0, 0.1) is 0 Å². The summed E-state index contributed by atoms with van der Waals surface area (Å²) in [4.78, 5) is 0. The Bertz CT molecular complexity index is 1140. The van der Waals surface area contributed by atoms with Gasteiger partial charge >= 0.3 is 0 Å². The van der Waals surface area contributed by atoms with Crippen LogP contribution in [-0.4, -0.2) is 4.57 Å². The summed E-state index contributed by atoms with van der Waals surface area (Å²) in [6.45, 7) is 4.56. The summed E-state index contributed by atoms with van der Waals surface area (Å²) in [5.74, 6) is 1.89. The Balaban J connectivity index is 1.94. The molecule has 1 aromatic heterocycles. The second kappa shape index (κ2) is 5.49. The lowest BCUT2D eigenvalue weighted by Gasteiger charge is -2.34. The molecule has 0 saturated heterocycles. The number of rotatable bonds is 1. The van der Waals surface area contributed by atoms with Gasteiger partial charge < -0.3 is 9.30 Å². The Kier molecular flexibility index (Phi) is 3.32. The third-order valence-corrected chi connectivity index (χ3v) is 5.75. The van der Waals surface area contributed by atoms with Gasteiger partial charge in [0.2, 0.25) is 0 Å². The van der Waals surface area contributed by atoms with E-state index in [4.69, 9.17) is 4.74 Å². The molecule has 0 unspecified atom stereocenters. The number of halogens is 1. The second-order valence-corrected chi connectivity index (χ2v) is 8.15. The predicted molar refractivity (Wildman–Crippen MR) is 110 cm³/mol. The van der Waals surface area contributed by atoms with Gasteiger partial charge in [-0.2, -0.15) is 0 Å². The van der Waals surface area contributed by atoms with Gasteiger partial charge in [0.15, 0.2) is 5.75 Å². The number of ether oxygens (including phenoxy) is 1. The Morgan fingerprint density at radius 1 is 0.885 bits per heavy atom. The molecule has 0 fully saturated rings. The van der Waals surface area contributed by atoms with E-state index in [-0.39, 0.29) is 5.41 Å². The summed E-state index contributed by atoms with van der Waals surface area (Å²) >= 11 is 3.62. The van der Waals surface area contributed by atoms with Crippen LogP contribution in [0.15, 0.2) is 77.3 Å². The maximum atomic E-state index is 6.44.